The van der Waals surface area contributed by atoms with E-state index in [0.29, 0.717) is 35.9 Å². The monoisotopic (exact) mass is 448 g/mol. The number of hydrogen-bond acceptors (Lipinski definition) is 8. The number of aliphatic hydroxyl groups is 1. The second-order valence-electron chi connectivity index (χ2n) is 7.97. The van der Waals surface area contributed by atoms with E-state index in [1.54, 1.807) is 35.2 Å². The largest absolute Gasteiger partial charge is 0.457 e. The van der Waals surface area contributed by atoms with Crippen molar-refractivity contribution in [1.29, 1.82) is 5.26 Å². The van der Waals surface area contributed by atoms with Crippen LogP contribution in [-0.2, 0) is 16.1 Å². The lowest BCUT2D eigenvalue weighted by atomic mass is 9.95. The summed E-state index contributed by atoms with van der Waals surface area (Å²) < 4.78 is 5.96. The van der Waals surface area contributed by atoms with Crippen molar-refractivity contribution in [3.8, 4) is 6.07 Å². The molecule has 0 aliphatic carbocycles. The molecule has 0 bridgehead atoms. The lowest BCUT2D eigenvalue weighted by Gasteiger charge is -2.34. The number of aliphatic hydroxyl groups excluding tert-OH is 1. The summed E-state index contributed by atoms with van der Waals surface area (Å²) in [6.45, 7) is 3.69. The minimum atomic E-state index is -0.776. The summed E-state index contributed by atoms with van der Waals surface area (Å²) in [5, 5.41) is 20.5. The minimum Gasteiger partial charge on any atom is -0.457 e. The van der Waals surface area contributed by atoms with E-state index in [2.05, 4.69) is 11.1 Å². The van der Waals surface area contributed by atoms with Crippen LogP contribution in [0.4, 0.5) is 5.13 Å². The van der Waals surface area contributed by atoms with Gasteiger partial charge in [-0.15, -0.1) is 0 Å². The molecule has 0 saturated carbocycles. The smallest absolute Gasteiger partial charge is 0.338 e. The molecule has 0 spiro atoms. The van der Waals surface area contributed by atoms with E-state index >= 15 is 0 Å². The number of cyclic esters (lactones) is 1. The second kappa shape index (κ2) is 7.98. The molecule has 162 valence electrons. The highest BCUT2D eigenvalue weighted by Gasteiger charge is 2.30. The highest BCUT2D eigenvalue weighted by Crippen LogP contribution is 2.32. The quantitative estimate of drug-likeness (QED) is 0.611. The van der Waals surface area contributed by atoms with Crippen LogP contribution in [0.5, 0.6) is 0 Å². The zero-order chi connectivity index (χ0) is 22.4. The van der Waals surface area contributed by atoms with Crippen molar-refractivity contribution in [3.63, 3.8) is 0 Å². The number of benzene rings is 2. The molecule has 9 heteroatoms. The van der Waals surface area contributed by atoms with Gasteiger partial charge in [0.15, 0.2) is 5.13 Å². The molecule has 1 unspecified atom stereocenters. The topological polar surface area (TPSA) is 107 Å². The Morgan fingerprint density at radius 1 is 1.28 bits per heavy atom. The number of thiazole rings is 1. The van der Waals surface area contributed by atoms with Crippen LogP contribution >= 0.6 is 11.3 Å². The summed E-state index contributed by atoms with van der Waals surface area (Å²) in [6.07, 6.45) is -0.776. The summed E-state index contributed by atoms with van der Waals surface area (Å²) in [4.78, 5) is 32.7. The Kier molecular flexibility index (Phi) is 5.13. The van der Waals surface area contributed by atoms with Crippen LogP contribution in [0.25, 0.3) is 10.2 Å². The Hall–Kier alpha value is -3.32. The zero-order valence-corrected chi connectivity index (χ0v) is 18.2. The number of nitrogens with zero attached hydrogens (tertiary/aromatic N) is 4. The molecule has 3 heterocycles. The summed E-state index contributed by atoms with van der Waals surface area (Å²) in [6, 6.07) is 10.9. The van der Waals surface area contributed by atoms with Crippen LogP contribution < -0.4 is 4.90 Å². The van der Waals surface area contributed by atoms with E-state index in [0.717, 1.165) is 26.9 Å². The van der Waals surface area contributed by atoms with Crippen molar-refractivity contribution in [2.24, 2.45) is 0 Å². The van der Waals surface area contributed by atoms with Crippen molar-refractivity contribution >= 4 is 38.6 Å². The first-order valence-electron chi connectivity index (χ1n) is 10.3. The Bertz CT molecular complexity index is 1300. The van der Waals surface area contributed by atoms with Gasteiger partial charge in [-0.25, -0.2) is 9.78 Å². The molecule has 3 aromatic rings. The number of aromatic nitrogens is 1. The van der Waals surface area contributed by atoms with E-state index in [-0.39, 0.29) is 25.0 Å². The summed E-state index contributed by atoms with van der Waals surface area (Å²) in [5.74, 6) is -0.405. The number of fused-ring (bicyclic) bond motifs is 2. The first-order valence-corrected chi connectivity index (χ1v) is 11.1. The fourth-order valence-electron chi connectivity index (χ4n) is 4.25. The maximum Gasteiger partial charge on any atom is 0.338 e. The second-order valence-corrected chi connectivity index (χ2v) is 8.98. The summed E-state index contributed by atoms with van der Waals surface area (Å²) >= 11 is 1.40. The predicted molar refractivity (Wildman–Crippen MR) is 118 cm³/mol. The molecule has 8 nitrogen and oxygen atoms in total. The third kappa shape index (κ3) is 3.52. The SMILES string of the molecule is Cc1c(C(O)CN2CCN(c3nc4ccc(C#N)cc4s3)C(=O)C2)ccc2c1COC2=O. The molecule has 32 heavy (non-hydrogen) atoms. The number of β-amino-alcohol motifs (C(OH)–C–C–N with tert-alkyl or cyclic N) is 1. The van der Waals surface area contributed by atoms with Gasteiger partial charge in [0, 0.05) is 25.2 Å². The van der Waals surface area contributed by atoms with Crippen molar-refractivity contribution in [1.82, 2.24) is 9.88 Å². The summed E-state index contributed by atoms with van der Waals surface area (Å²) in [5.41, 5.74) is 4.32. The summed E-state index contributed by atoms with van der Waals surface area (Å²) in [7, 11) is 0. The molecule has 1 atom stereocenters. The fraction of sp³-hybridized carbons (Fsp3) is 0.304. The van der Waals surface area contributed by atoms with Crippen LogP contribution in [0, 0.1) is 18.3 Å². The normalized spacial score (nSPS) is 17.3. The van der Waals surface area contributed by atoms with E-state index < -0.39 is 6.10 Å². The predicted octanol–water partition coefficient (Wildman–Crippen LogP) is 2.53. The molecule has 2 aliphatic rings. The molecule has 2 aliphatic heterocycles. The number of nitriles is 1. The van der Waals surface area contributed by atoms with Crippen molar-refractivity contribution in [2.75, 3.05) is 31.1 Å². The molecular weight excluding hydrogens is 428 g/mol. The van der Waals surface area contributed by atoms with Crippen molar-refractivity contribution in [2.45, 2.75) is 19.6 Å². The zero-order valence-electron chi connectivity index (χ0n) is 17.4. The third-order valence-corrected chi connectivity index (χ3v) is 7.08. The third-order valence-electron chi connectivity index (χ3n) is 6.03. The van der Waals surface area contributed by atoms with Crippen LogP contribution in [-0.4, -0.2) is 53.0 Å². The van der Waals surface area contributed by atoms with Gasteiger partial charge >= 0.3 is 5.97 Å². The van der Waals surface area contributed by atoms with Gasteiger partial charge in [0.2, 0.25) is 5.91 Å². The van der Waals surface area contributed by atoms with E-state index in [4.69, 9.17) is 10.00 Å². The molecule has 5 rings (SSSR count). The van der Waals surface area contributed by atoms with Crippen molar-refractivity contribution < 1.29 is 19.4 Å². The minimum absolute atomic E-state index is 0.0762. The number of ether oxygens (including phenoxy) is 1. The van der Waals surface area contributed by atoms with Crippen molar-refractivity contribution in [3.05, 3.63) is 58.1 Å². The lowest BCUT2D eigenvalue weighted by molar-refractivity contribution is -0.121. The van der Waals surface area contributed by atoms with Crippen LogP contribution in [0.15, 0.2) is 30.3 Å². The molecule has 2 aromatic carbocycles. The molecular formula is C23H20N4O4S. The number of piperazine rings is 1. The molecule has 1 aromatic heterocycles. The molecule has 1 amide bonds. The first kappa shape index (κ1) is 20.6. The van der Waals surface area contributed by atoms with Gasteiger partial charge in [-0.05, 0) is 42.3 Å². The number of rotatable bonds is 4. The Labute approximate surface area is 188 Å². The lowest BCUT2D eigenvalue weighted by Crippen LogP contribution is -2.51. The fourth-order valence-corrected chi connectivity index (χ4v) is 5.30. The van der Waals surface area contributed by atoms with Crippen LogP contribution in [0.3, 0.4) is 0 Å². The van der Waals surface area contributed by atoms with Gasteiger partial charge in [-0.2, -0.15) is 5.26 Å². The number of carbonyl (C=O) groups is 2. The maximum absolute atomic E-state index is 12.8. The van der Waals surface area contributed by atoms with Gasteiger partial charge in [0.1, 0.15) is 6.61 Å². The van der Waals surface area contributed by atoms with E-state index in [9.17, 15) is 14.7 Å². The number of anilines is 1. The molecule has 1 fully saturated rings. The standard InChI is InChI=1S/C23H20N4O4S/c1-13-15(3-4-16-17(13)12-31-22(16)30)19(28)10-26-6-7-27(21(29)11-26)23-25-18-5-2-14(9-24)8-20(18)32-23/h2-5,8,19,28H,6-7,10-12H2,1H3. The van der Waals surface area contributed by atoms with Gasteiger partial charge < -0.3 is 9.84 Å². The van der Waals surface area contributed by atoms with E-state index in [1.165, 1.54) is 11.3 Å². The highest BCUT2D eigenvalue weighted by molar-refractivity contribution is 7.22. The average Bonchev–Trinajstić information content (AvgIpc) is 3.37. The maximum atomic E-state index is 12.8. The van der Waals surface area contributed by atoms with Gasteiger partial charge in [-0.1, -0.05) is 17.4 Å². The van der Waals surface area contributed by atoms with Gasteiger partial charge in [-0.3, -0.25) is 14.6 Å². The number of hydrogen-bond donors (Lipinski definition) is 1. The Morgan fingerprint density at radius 2 is 2.12 bits per heavy atom. The van der Waals surface area contributed by atoms with Gasteiger partial charge in [0.05, 0.1) is 40.1 Å². The Morgan fingerprint density at radius 3 is 2.91 bits per heavy atom. The first-order chi connectivity index (χ1) is 15.4. The molecule has 0 radical (unpaired) electrons. The molecule has 1 saturated heterocycles. The average molecular weight is 449 g/mol. The van der Waals surface area contributed by atoms with E-state index in [1.807, 2.05) is 11.8 Å². The van der Waals surface area contributed by atoms with Crippen LogP contribution in [0.1, 0.15) is 38.7 Å². The number of esters is 1. The van der Waals surface area contributed by atoms with Gasteiger partial charge in [0.25, 0.3) is 0 Å². The van der Waals surface area contributed by atoms with Crippen LogP contribution in [0.2, 0.25) is 0 Å². The Balaban J connectivity index is 1.28. The number of carbonyl (C=O) groups excluding carboxylic acids is 2. The highest BCUT2D eigenvalue weighted by atomic mass is 32.1. The number of amides is 1. The molecule has 1 N–H and O–H groups in total.